The molecule has 0 spiro atoms. The Balaban J connectivity index is 1.85. The average Bonchev–Trinajstić information content (AvgIpc) is 3.14. The van der Waals surface area contributed by atoms with Crippen LogP contribution in [-0.4, -0.2) is 28.7 Å². The highest BCUT2D eigenvalue weighted by Crippen LogP contribution is 2.28. The van der Waals surface area contributed by atoms with Gasteiger partial charge in [-0.05, 0) is 25.0 Å². The van der Waals surface area contributed by atoms with E-state index in [1.54, 1.807) is 43.3 Å². The predicted molar refractivity (Wildman–Crippen MR) is 103 cm³/mol. The first kappa shape index (κ1) is 20.0. The van der Waals surface area contributed by atoms with E-state index in [9.17, 15) is 24.5 Å². The van der Waals surface area contributed by atoms with Gasteiger partial charge in [0.2, 0.25) is 12.0 Å². The molecule has 1 heterocycles. The lowest BCUT2D eigenvalue weighted by molar-refractivity contribution is -0.384. The van der Waals surface area contributed by atoms with Crippen molar-refractivity contribution in [1.29, 1.82) is 0 Å². The van der Waals surface area contributed by atoms with Crippen molar-refractivity contribution in [3.63, 3.8) is 0 Å². The number of carbonyl (C=O) groups is 3. The van der Waals surface area contributed by atoms with E-state index in [1.165, 1.54) is 12.1 Å². The van der Waals surface area contributed by atoms with Gasteiger partial charge < -0.3 is 15.4 Å². The fourth-order valence-corrected chi connectivity index (χ4v) is 2.99. The van der Waals surface area contributed by atoms with Gasteiger partial charge in [0.05, 0.1) is 4.92 Å². The Hall–Kier alpha value is -3.75. The van der Waals surface area contributed by atoms with Gasteiger partial charge in [-0.15, -0.1) is 0 Å². The molecule has 1 saturated heterocycles. The zero-order chi connectivity index (χ0) is 21.0. The summed E-state index contributed by atoms with van der Waals surface area (Å²) in [5.74, 6) is -1.73. The molecule has 0 aliphatic carbocycles. The van der Waals surface area contributed by atoms with Gasteiger partial charge in [-0.25, -0.2) is 4.79 Å². The number of nitrogens with zero attached hydrogens (tertiary/aromatic N) is 1. The molecule has 0 radical (unpaired) electrons. The van der Waals surface area contributed by atoms with Crippen LogP contribution in [0.1, 0.15) is 30.1 Å². The predicted octanol–water partition coefficient (Wildman–Crippen LogP) is 2.40. The van der Waals surface area contributed by atoms with Crippen LogP contribution < -0.4 is 10.6 Å². The number of hydrogen-bond acceptors (Lipinski definition) is 6. The molecule has 9 nitrogen and oxygen atoms in total. The summed E-state index contributed by atoms with van der Waals surface area (Å²) in [6, 6.07) is 11.9. The lowest BCUT2D eigenvalue weighted by atomic mass is 10.1. The van der Waals surface area contributed by atoms with E-state index >= 15 is 0 Å². The van der Waals surface area contributed by atoms with E-state index in [-0.39, 0.29) is 30.1 Å². The second-order valence-corrected chi connectivity index (χ2v) is 6.65. The molecule has 2 unspecified atom stereocenters. The minimum absolute atomic E-state index is 0.00301. The summed E-state index contributed by atoms with van der Waals surface area (Å²) in [6.07, 6.45) is -0.844. The summed E-state index contributed by atoms with van der Waals surface area (Å²) in [6.45, 7) is 1.70. The number of nitro benzene ring substituents is 1. The Morgan fingerprint density at radius 3 is 2.59 bits per heavy atom. The molecule has 0 saturated carbocycles. The standard InChI is InChI=1S/C20H19N3O6/c1-12-7-8-14(16(11-12)23(27)28)22-19(25)18(13-5-3-2-4-6-13)29-20(26)15-9-10-17(24)21-15/h2-8,11,15,18H,9-10H2,1H3,(H,21,24)(H,22,25). The fourth-order valence-electron chi connectivity index (χ4n) is 2.99. The van der Waals surface area contributed by atoms with Crippen LogP contribution in [0.25, 0.3) is 0 Å². The number of benzene rings is 2. The summed E-state index contributed by atoms with van der Waals surface area (Å²) in [5, 5.41) is 16.3. The smallest absolute Gasteiger partial charge is 0.329 e. The number of amides is 2. The van der Waals surface area contributed by atoms with Gasteiger partial charge in [0.25, 0.3) is 11.6 Å². The van der Waals surface area contributed by atoms with Gasteiger partial charge in [0, 0.05) is 18.1 Å². The van der Waals surface area contributed by atoms with Crippen LogP contribution in [0.5, 0.6) is 0 Å². The third-order valence-corrected chi connectivity index (χ3v) is 4.46. The lowest BCUT2D eigenvalue weighted by Crippen LogP contribution is -2.37. The van der Waals surface area contributed by atoms with Crippen LogP contribution in [0.2, 0.25) is 0 Å². The first-order valence-corrected chi connectivity index (χ1v) is 8.96. The zero-order valence-electron chi connectivity index (χ0n) is 15.6. The minimum Gasteiger partial charge on any atom is -0.446 e. The third-order valence-electron chi connectivity index (χ3n) is 4.46. The number of aryl methyl sites for hydroxylation is 1. The maximum atomic E-state index is 12.9. The highest BCUT2D eigenvalue weighted by molar-refractivity contribution is 5.98. The van der Waals surface area contributed by atoms with Crippen molar-refractivity contribution in [3.05, 3.63) is 69.8 Å². The molecule has 2 aromatic carbocycles. The second kappa shape index (κ2) is 8.51. The average molecular weight is 397 g/mol. The molecule has 0 aromatic heterocycles. The molecule has 2 aromatic rings. The third kappa shape index (κ3) is 4.75. The van der Waals surface area contributed by atoms with E-state index < -0.39 is 28.9 Å². The Bertz CT molecular complexity index is 960. The molecule has 1 aliphatic rings. The molecule has 1 fully saturated rings. The summed E-state index contributed by atoms with van der Waals surface area (Å²) >= 11 is 0. The van der Waals surface area contributed by atoms with Crippen molar-refractivity contribution in [2.45, 2.75) is 31.9 Å². The van der Waals surface area contributed by atoms with Gasteiger partial charge in [-0.3, -0.25) is 19.7 Å². The molecular weight excluding hydrogens is 378 g/mol. The van der Waals surface area contributed by atoms with Crippen molar-refractivity contribution < 1.29 is 24.0 Å². The van der Waals surface area contributed by atoms with E-state index in [1.807, 2.05) is 0 Å². The normalized spacial score (nSPS) is 16.6. The summed E-state index contributed by atoms with van der Waals surface area (Å²) in [7, 11) is 0. The maximum absolute atomic E-state index is 12.9. The molecule has 3 rings (SSSR count). The molecular formula is C20H19N3O6. The molecule has 2 atom stereocenters. The zero-order valence-corrected chi connectivity index (χ0v) is 15.6. The van der Waals surface area contributed by atoms with Crippen LogP contribution in [0.15, 0.2) is 48.5 Å². The first-order chi connectivity index (χ1) is 13.8. The molecule has 2 amide bonds. The first-order valence-electron chi connectivity index (χ1n) is 8.96. The van der Waals surface area contributed by atoms with Crippen LogP contribution in [-0.2, 0) is 19.1 Å². The maximum Gasteiger partial charge on any atom is 0.329 e. The topological polar surface area (TPSA) is 128 Å². The monoisotopic (exact) mass is 397 g/mol. The number of nitro groups is 1. The van der Waals surface area contributed by atoms with Crippen LogP contribution in [0.4, 0.5) is 11.4 Å². The van der Waals surface area contributed by atoms with Crippen molar-refractivity contribution >= 4 is 29.2 Å². The number of carbonyl (C=O) groups excluding carboxylic acids is 3. The van der Waals surface area contributed by atoms with Crippen LogP contribution >= 0.6 is 0 Å². The minimum atomic E-state index is -1.33. The van der Waals surface area contributed by atoms with E-state index in [2.05, 4.69) is 10.6 Å². The quantitative estimate of drug-likeness (QED) is 0.438. The summed E-state index contributed by atoms with van der Waals surface area (Å²) in [4.78, 5) is 47.4. The number of rotatable bonds is 6. The Kier molecular flexibility index (Phi) is 5.87. The van der Waals surface area contributed by atoms with Crippen molar-refractivity contribution in [3.8, 4) is 0 Å². The highest BCUT2D eigenvalue weighted by Gasteiger charge is 2.33. The van der Waals surface area contributed by atoms with Gasteiger partial charge in [0.1, 0.15) is 11.7 Å². The highest BCUT2D eigenvalue weighted by atomic mass is 16.6. The molecule has 150 valence electrons. The van der Waals surface area contributed by atoms with Crippen molar-refractivity contribution in [2.75, 3.05) is 5.32 Å². The van der Waals surface area contributed by atoms with Crippen molar-refractivity contribution in [2.24, 2.45) is 0 Å². The number of anilines is 1. The van der Waals surface area contributed by atoms with Crippen molar-refractivity contribution in [1.82, 2.24) is 5.32 Å². The van der Waals surface area contributed by atoms with E-state index in [4.69, 9.17) is 4.74 Å². The molecule has 9 heteroatoms. The number of hydrogen-bond donors (Lipinski definition) is 2. The van der Waals surface area contributed by atoms with E-state index in [0.717, 1.165) is 0 Å². The summed E-state index contributed by atoms with van der Waals surface area (Å²) in [5.41, 5.74) is 0.798. The number of nitrogens with one attached hydrogen (secondary N) is 2. The lowest BCUT2D eigenvalue weighted by Gasteiger charge is -2.20. The molecule has 0 bridgehead atoms. The molecule has 2 N–H and O–H groups in total. The SMILES string of the molecule is Cc1ccc(NC(=O)C(OC(=O)C2CCC(=O)N2)c2ccccc2)c([N+](=O)[O-])c1. The molecule has 29 heavy (non-hydrogen) atoms. The Morgan fingerprint density at radius 1 is 1.24 bits per heavy atom. The van der Waals surface area contributed by atoms with E-state index in [0.29, 0.717) is 11.1 Å². The second-order valence-electron chi connectivity index (χ2n) is 6.65. The van der Waals surface area contributed by atoms with Gasteiger partial charge in [-0.1, -0.05) is 36.4 Å². The molecule has 1 aliphatic heterocycles. The van der Waals surface area contributed by atoms with Gasteiger partial charge in [-0.2, -0.15) is 0 Å². The van der Waals surface area contributed by atoms with Crippen LogP contribution in [0, 0.1) is 17.0 Å². The number of esters is 1. The fraction of sp³-hybridized carbons (Fsp3) is 0.250. The van der Waals surface area contributed by atoms with Gasteiger partial charge >= 0.3 is 5.97 Å². The van der Waals surface area contributed by atoms with Gasteiger partial charge in [0.15, 0.2) is 0 Å². The summed E-state index contributed by atoms with van der Waals surface area (Å²) < 4.78 is 5.39. The Labute approximate surface area is 166 Å². The van der Waals surface area contributed by atoms with Crippen LogP contribution in [0.3, 0.4) is 0 Å². The number of ether oxygens (including phenoxy) is 1. The Morgan fingerprint density at radius 2 is 1.97 bits per heavy atom. The largest absolute Gasteiger partial charge is 0.446 e.